The molecule has 2 N–H and O–H groups in total. The summed E-state index contributed by atoms with van der Waals surface area (Å²) in [5.41, 5.74) is 1.95. The zero-order valence-electron chi connectivity index (χ0n) is 14.0. The van der Waals surface area contributed by atoms with Crippen LogP contribution < -0.4 is 10.6 Å². The van der Waals surface area contributed by atoms with E-state index in [1.165, 1.54) is 0 Å². The highest BCUT2D eigenvalue weighted by molar-refractivity contribution is 5.93. The number of rotatable bonds is 7. The Hall–Kier alpha value is -1.63. The second-order valence-corrected chi connectivity index (χ2v) is 5.81. The van der Waals surface area contributed by atoms with Crippen molar-refractivity contribution in [2.75, 3.05) is 31.6 Å². The number of aromatic nitrogens is 2. The lowest BCUT2D eigenvalue weighted by Gasteiger charge is -2.12. The molecule has 2 heterocycles. The number of carbonyl (C=O) groups excluding carboxylic acids is 1. The third-order valence-corrected chi connectivity index (χ3v) is 4.20. The first-order valence-corrected chi connectivity index (χ1v) is 8.34. The molecule has 2 aromatic rings. The van der Waals surface area contributed by atoms with Crippen molar-refractivity contribution in [3.63, 3.8) is 0 Å². The largest absolute Gasteiger partial charge is 0.382 e. The van der Waals surface area contributed by atoms with Crippen molar-refractivity contribution < 1.29 is 9.53 Å². The van der Waals surface area contributed by atoms with Gasteiger partial charge in [-0.25, -0.2) is 4.98 Å². The zero-order chi connectivity index (χ0) is 16.1. The van der Waals surface area contributed by atoms with Gasteiger partial charge in [0.05, 0.1) is 17.0 Å². The minimum Gasteiger partial charge on any atom is -0.382 e. The maximum absolute atomic E-state index is 12.4. The molecular weight excluding hydrogens is 328 g/mol. The van der Waals surface area contributed by atoms with E-state index < -0.39 is 0 Å². The van der Waals surface area contributed by atoms with Crippen LogP contribution in [-0.4, -0.2) is 41.8 Å². The first-order valence-electron chi connectivity index (χ1n) is 8.34. The van der Waals surface area contributed by atoms with E-state index in [4.69, 9.17) is 4.74 Å². The number of anilines is 1. The fraction of sp³-hybridized carbons (Fsp3) is 0.529. The number of hydrogen-bond acceptors (Lipinski definition) is 4. The van der Waals surface area contributed by atoms with Gasteiger partial charge in [0.25, 0.3) is 0 Å². The van der Waals surface area contributed by atoms with Crippen LogP contribution in [0.4, 0.5) is 5.95 Å². The van der Waals surface area contributed by atoms with E-state index in [0.717, 1.165) is 50.1 Å². The molecule has 0 radical (unpaired) electrons. The molecule has 1 amide bonds. The van der Waals surface area contributed by atoms with Crippen LogP contribution in [0.15, 0.2) is 24.3 Å². The van der Waals surface area contributed by atoms with Gasteiger partial charge in [0, 0.05) is 26.3 Å². The Kier molecular flexibility index (Phi) is 7.02. The smallest absolute Gasteiger partial charge is 0.231 e. The molecule has 3 rings (SSSR count). The fourth-order valence-electron chi connectivity index (χ4n) is 2.96. The third kappa shape index (κ3) is 4.26. The molecule has 132 valence electrons. The van der Waals surface area contributed by atoms with E-state index in [1.807, 2.05) is 31.2 Å². The van der Waals surface area contributed by atoms with Crippen molar-refractivity contribution in [1.82, 2.24) is 14.9 Å². The molecule has 1 aliphatic rings. The van der Waals surface area contributed by atoms with Crippen LogP contribution in [-0.2, 0) is 16.1 Å². The van der Waals surface area contributed by atoms with E-state index in [0.29, 0.717) is 12.6 Å². The van der Waals surface area contributed by atoms with Crippen molar-refractivity contribution in [3.05, 3.63) is 24.3 Å². The number of nitrogens with one attached hydrogen (secondary N) is 2. The Morgan fingerprint density at radius 3 is 3.04 bits per heavy atom. The topological polar surface area (TPSA) is 68.2 Å². The molecule has 24 heavy (non-hydrogen) atoms. The van der Waals surface area contributed by atoms with Gasteiger partial charge in [-0.15, -0.1) is 12.4 Å². The van der Waals surface area contributed by atoms with Crippen LogP contribution in [0.5, 0.6) is 0 Å². The van der Waals surface area contributed by atoms with Crippen LogP contribution in [0.25, 0.3) is 11.0 Å². The monoisotopic (exact) mass is 352 g/mol. The van der Waals surface area contributed by atoms with Gasteiger partial charge in [-0.3, -0.25) is 10.1 Å². The number of amides is 1. The maximum Gasteiger partial charge on any atom is 0.231 e. The highest BCUT2D eigenvalue weighted by Gasteiger charge is 2.24. The summed E-state index contributed by atoms with van der Waals surface area (Å²) in [5.74, 6) is 0.725. The van der Waals surface area contributed by atoms with Gasteiger partial charge < -0.3 is 14.6 Å². The maximum atomic E-state index is 12.4. The van der Waals surface area contributed by atoms with E-state index >= 15 is 0 Å². The molecule has 0 bridgehead atoms. The molecule has 6 nitrogen and oxygen atoms in total. The summed E-state index contributed by atoms with van der Waals surface area (Å²) >= 11 is 0. The SMILES string of the molecule is CCOCCCn1c(NC(=O)C2CCNC2)nc2ccccc21.Cl. The molecule has 1 atom stereocenters. The highest BCUT2D eigenvalue weighted by Crippen LogP contribution is 2.21. The molecule has 1 unspecified atom stereocenters. The average molecular weight is 353 g/mol. The first-order chi connectivity index (χ1) is 11.3. The van der Waals surface area contributed by atoms with Crippen molar-refractivity contribution >= 4 is 35.3 Å². The quantitative estimate of drug-likeness (QED) is 0.751. The van der Waals surface area contributed by atoms with Gasteiger partial charge in [0.1, 0.15) is 0 Å². The molecule has 0 aliphatic carbocycles. The van der Waals surface area contributed by atoms with Gasteiger partial charge in [-0.2, -0.15) is 0 Å². The molecule has 1 aromatic carbocycles. The molecule has 1 saturated heterocycles. The number of fused-ring (bicyclic) bond motifs is 1. The minimum absolute atomic E-state index is 0. The second-order valence-electron chi connectivity index (χ2n) is 5.81. The number of para-hydroxylation sites is 2. The van der Waals surface area contributed by atoms with Crippen molar-refractivity contribution in [2.24, 2.45) is 5.92 Å². The number of imidazole rings is 1. The number of aryl methyl sites for hydroxylation is 1. The molecule has 1 fully saturated rings. The second kappa shape index (κ2) is 9.01. The Balaban J connectivity index is 0.00000208. The van der Waals surface area contributed by atoms with Gasteiger partial charge in [0.2, 0.25) is 11.9 Å². The van der Waals surface area contributed by atoms with Crippen molar-refractivity contribution in [1.29, 1.82) is 0 Å². The van der Waals surface area contributed by atoms with Crippen LogP contribution in [0, 0.1) is 5.92 Å². The molecular formula is C17H25ClN4O2. The van der Waals surface area contributed by atoms with E-state index in [-0.39, 0.29) is 24.2 Å². The normalized spacial score (nSPS) is 17.0. The van der Waals surface area contributed by atoms with Crippen LogP contribution in [0.1, 0.15) is 19.8 Å². The lowest BCUT2D eigenvalue weighted by Crippen LogP contribution is -2.26. The molecule has 1 aliphatic heterocycles. The number of halogens is 1. The van der Waals surface area contributed by atoms with Gasteiger partial charge >= 0.3 is 0 Å². The summed E-state index contributed by atoms with van der Waals surface area (Å²) < 4.78 is 7.49. The number of hydrogen-bond donors (Lipinski definition) is 2. The van der Waals surface area contributed by atoms with E-state index in [2.05, 4.69) is 20.2 Å². The number of nitrogens with zero attached hydrogens (tertiary/aromatic N) is 2. The number of ether oxygens (including phenoxy) is 1. The predicted octanol–water partition coefficient (Wildman–Crippen LogP) is 2.43. The van der Waals surface area contributed by atoms with E-state index in [1.54, 1.807) is 0 Å². The van der Waals surface area contributed by atoms with Crippen molar-refractivity contribution in [3.8, 4) is 0 Å². The summed E-state index contributed by atoms with van der Waals surface area (Å²) in [7, 11) is 0. The molecule has 7 heteroatoms. The Morgan fingerprint density at radius 2 is 2.29 bits per heavy atom. The standard InChI is InChI=1S/C17H24N4O2.ClH/c1-2-23-11-5-10-21-15-7-4-3-6-14(15)19-17(21)20-16(22)13-8-9-18-12-13;/h3-4,6-7,13,18H,2,5,8-12H2,1H3,(H,19,20,22);1H. The average Bonchev–Trinajstić information content (AvgIpc) is 3.20. The summed E-state index contributed by atoms with van der Waals surface area (Å²) in [4.78, 5) is 17.0. The molecule has 1 aromatic heterocycles. The minimum atomic E-state index is 0. The first kappa shape index (κ1) is 18.7. The van der Waals surface area contributed by atoms with Crippen molar-refractivity contribution in [2.45, 2.75) is 26.3 Å². The summed E-state index contributed by atoms with van der Waals surface area (Å²) in [5, 5.41) is 6.24. The summed E-state index contributed by atoms with van der Waals surface area (Å²) in [6.45, 7) is 5.86. The van der Waals surface area contributed by atoms with Crippen LogP contribution in [0.2, 0.25) is 0 Å². The Labute approximate surface area is 148 Å². The highest BCUT2D eigenvalue weighted by atomic mass is 35.5. The van der Waals surface area contributed by atoms with Gasteiger partial charge in [-0.05, 0) is 38.4 Å². The Bertz CT molecular complexity index is 668. The van der Waals surface area contributed by atoms with Gasteiger partial charge in [-0.1, -0.05) is 12.1 Å². The molecule has 0 saturated carbocycles. The lowest BCUT2D eigenvalue weighted by atomic mass is 10.1. The number of carbonyl (C=O) groups is 1. The zero-order valence-corrected chi connectivity index (χ0v) is 14.8. The Morgan fingerprint density at radius 1 is 1.46 bits per heavy atom. The third-order valence-electron chi connectivity index (χ3n) is 4.20. The van der Waals surface area contributed by atoms with E-state index in [9.17, 15) is 4.79 Å². The predicted molar refractivity (Wildman–Crippen MR) is 97.7 cm³/mol. The lowest BCUT2D eigenvalue weighted by molar-refractivity contribution is -0.119. The summed E-state index contributed by atoms with van der Waals surface area (Å²) in [6.07, 6.45) is 1.78. The fourth-order valence-corrected chi connectivity index (χ4v) is 2.96. The molecule has 0 spiro atoms. The summed E-state index contributed by atoms with van der Waals surface area (Å²) in [6, 6.07) is 7.97. The van der Waals surface area contributed by atoms with Gasteiger partial charge in [0.15, 0.2) is 0 Å². The van der Waals surface area contributed by atoms with Crippen LogP contribution in [0.3, 0.4) is 0 Å². The van der Waals surface area contributed by atoms with Crippen LogP contribution >= 0.6 is 12.4 Å². The number of benzene rings is 1.